The highest BCUT2D eigenvalue weighted by molar-refractivity contribution is 5.95. The third-order valence-electron chi connectivity index (χ3n) is 3.29. The van der Waals surface area contributed by atoms with E-state index in [1.54, 1.807) is 30.2 Å². The topological polar surface area (TPSA) is 77.1 Å². The molecule has 0 heterocycles. The van der Waals surface area contributed by atoms with Gasteiger partial charge in [0.05, 0.1) is 20.8 Å². The molecule has 0 spiro atoms. The summed E-state index contributed by atoms with van der Waals surface area (Å²) in [5, 5.41) is 2.78. The fraction of sp³-hybridized carbons (Fsp3) is 0.500. The van der Waals surface area contributed by atoms with Crippen molar-refractivity contribution >= 4 is 11.8 Å². The lowest BCUT2D eigenvalue weighted by Crippen LogP contribution is -2.39. The van der Waals surface area contributed by atoms with Crippen LogP contribution in [-0.2, 0) is 9.53 Å². The van der Waals surface area contributed by atoms with Crippen molar-refractivity contribution in [2.45, 2.75) is 6.92 Å². The highest BCUT2D eigenvalue weighted by Gasteiger charge is 2.12. The van der Waals surface area contributed by atoms with Crippen LogP contribution >= 0.6 is 0 Å². The minimum atomic E-state index is -0.252. The van der Waals surface area contributed by atoms with Gasteiger partial charge in [0, 0.05) is 45.3 Å². The van der Waals surface area contributed by atoms with Gasteiger partial charge >= 0.3 is 0 Å². The second-order valence-corrected chi connectivity index (χ2v) is 4.86. The lowest BCUT2D eigenvalue weighted by atomic mass is 10.2. The van der Waals surface area contributed by atoms with Crippen LogP contribution in [0.2, 0.25) is 0 Å². The van der Waals surface area contributed by atoms with Gasteiger partial charge in [-0.05, 0) is 12.1 Å². The van der Waals surface area contributed by atoms with E-state index in [-0.39, 0.29) is 11.8 Å². The first-order valence-electron chi connectivity index (χ1n) is 7.27. The third kappa shape index (κ3) is 6.15. The highest BCUT2D eigenvalue weighted by Crippen LogP contribution is 2.22. The largest absolute Gasteiger partial charge is 0.497 e. The number of nitrogens with one attached hydrogen (secondary N) is 1. The van der Waals surface area contributed by atoms with Gasteiger partial charge in [0.25, 0.3) is 5.91 Å². The lowest BCUT2D eigenvalue weighted by Gasteiger charge is -2.20. The number of benzene rings is 1. The normalized spacial score (nSPS) is 10.1. The number of nitrogens with zero attached hydrogens (tertiary/aromatic N) is 1. The summed E-state index contributed by atoms with van der Waals surface area (Å²) in [7, 11) is 4.63. The van der Waals surface area contributed by atoms with E-state index >= 15 is 0 Å². The fourth-order valence-corrected chi connectivity index (χ4v) is 1.97. The van der Waals surface area contributed by atoms with Crippen LogP contribution in [0.4, 0.5) is 0 Å². The van der Waals surface area contributed by atoms with Crippen molar-refractivity contribution in [3.8, 4) is 11.5 Å². The molecule has 23 heavy (non-hydrogen) atoms. The maximum absolute atomic E-state index is 12.2. The molecule has 0 saturated heterocycles. The molecule has 0 unspecified atom stereocenters. The van der Waals surface area contributed by atoms with E-state index in [0.717, 1.165) is 0 Å². The van der Waals surface area contributed by atoms with Crippen LogP contribution in [0.1, 0.15) is 17.3 Å². The van der Waals surface area contributed by atoms with Crippen molar-refractivity contribution in [2.75, 3.05) is 47.6 Å². The van der Waals surface area contributed by atoms with Crippen LogP contribution in [-0.4, -0.2) is 64.3 Å². The predicted octanol–water partition coefficient (Wildman–Crippen LogP) is 0.928. The smallest absolute Gasteiger partial charge is 0.251 e. The van der Waals surface area contributed by atoms with Crippen molar-refractivity contribution in [3.63, 3.8) is 0 Å². The number of hydrogen-bond donors (Lipinski definition) is 1. The minimum Gasteiger partial charge on any atom is -0.497 e. The van der Waals surface area contributed by atoms with E-state index < -0.39 is 0 Å². The molecule has 0 aliphatic carbocycles. The molecule has 0 fully saturated rings. The number of rotatable bonds is 9. The van der Waals surface area contributed by atoms with Crippen LogP contribution in [0.5, 0.6) is 11.5 Å². The quantitative estimate of drug-likeness (QED) is 0.731. The fourth-order valence-electron chi connectivity index (χ4n) is 1.97. The highest BCUT2D eigenvalue weighted by atomic mass is 16.5. The summed E-state index contributed by atoms with van der Waals surface area (Å²) in [6.45, 7) is 3.22. The first-order valence-corrected chi connectivity index (χ1v) is 7.27. The molecule has 0 bridgehead atoms. The molecule has 1 aromatic rings. The second-order valence-electron chi connectivity index (χ2n) is 4.86. The summed E-state index contributed by atoms with van der Waals surface area (Å²) in [5.74, 6) is 0.775. The monoisotopic (exact) mass is 324 g/mol. The summed E-state index contributed by atoms with van der Waals surface area (Å²) < 4.78 is 15.2. The van der Waals surface area contributed by atoms with Gasteiger partial charge < -0.3 is 24.4 Å². The van der Waals surface area contributed by atoms with E-state index in [0.29, 0.717) is 43.3 Å². The molecule has 2 amide bonds. The van der Waals surface area contributed by atoms with Gasteiger partial charge in [0.15, 0.2) is 0 Å². The molecular weight excluding hydrogens is 300 g/mol. The Labute approximate surface area is 136 Å². The summed E-state index contributed by atoms with van der Waals surface area (Å²) in [4.78, 5) is 25.3. The molecular formula is C16H24N2O5. The average Bonchev–Trinajstić information content (AvgIpc) is 2.56. The molecule has 128 valence electrons. The van der Waals surface area contributed by atoms with Crippen LogP contribution in [0.3, 0.4) is 0 Å². The minimum absolute atomic E-state index is 0.0562. The number of carbonyl (C=O) groups is 2. The molecule has 0 aliphatic rings. The molecule has 7 nitrogen and oxygen atoms in total. The molecule has 1 aromatic carbocycles. The zero-order valence-corrected chi connectivity index (χ0v) is 14.0. The summed E-state index contributed by atoms with van der Waals surface area (Å²) in [5.41, 5.74) is 0.437. The number of methoxy groups -OCH3 is 3. The molecule has 1 N–H and O–H groups in total. The second kappa shape index (κ2) is 9.68. The van der Waals surface area contributed by atoms with Gasteiger partial charge in [-0.25, -0.2) is 0 Å². The van der Waals surface area contributed by atoms with Gasteiger partial charge in [-0.2, -0.15) is 0 Å². The first kappa shape index (κ1) is 18.8. The molecule has 0 radical (unpaired) electrons. The Kier molecular flexibility index (Phi) is 7.90. The van der Waals surface area contributed by atoms with E-state index in [2.05, 4.69) is 5.32 Å². The van der Waals surface area contributed by atoms with E-state index in [9.17, 15) is 9.59 Å². The lowest BCUT2D eigenvalue weighted by molar-refractivity contribution is -0.129. The zero-order valence-electron chi connectivity index (χ0n) is 14.0. The van der Waals surface area contributed by atoms with E-state index in [1.165, 1.54) is 21.1 Å². The Morgan fingerprint density at radius 1 is 1.04 bits per heavy atom. The number of hydrogen-bond acceptors (Lipinski definition) is 5. The average molecular weight is 324 g/mol. The number of amides is 2. The molecule has 0 atom stereocenters. The third-order valence-corrected chi connectivity index (χ3v) is 3.29. The van der Waals surface area contributed by atoms with Crippen LogP contribution < -0.4 is 14.8 Å². The molecule has 0 aliphatic heterocycles. The Bertz CT molecular complexity index is 511. The maximum Gasteiger partial charge on any atom is 0.251 e. The zero-order chi connectivity index (χ0) is 17.2. The van der Waals surface area contributed by atoms with Crippen LogP contribution in [0, 0.1) is 0 Å². The van der Waals surface area contributed by atoms with E-state index in [1.807, 2.05) is 0 Å². The van der Waals surface area contributed by atoms with Gasteiger partial charge in [-0.3, -0.25) is 9.59 Å². The van der Waals surface area contributed by atoms with Gasteiger partial charge in [0.1, 0.15) is 11.5 Å². The van der Waals surface area contributed by atoms with Crippen molar-refractivity contribution in [3.05, 3.63) is 23.8 Å². The van der Waals surface area contributed by atoms with E-state index in [4.69, 9.17) is 14.2 Å². The Hall–Kier alpha value is -2.28. The summed E-state index contributed by atoms with van der Waals surface area (Å²) >= 11 is 0. The van der Waals surface area contributed by atoms with Gasteiger partial charge in [0.2, 0.25) is 5.91 Å². The Balaban J connectivity index is 2.60. The molecule has 1 rings (SSSR count). The first-order chi connectivity index (χ1) is 11.0. The van der Waals surface area contributed by atoms with Gasteiger partial charge in [-0.1, -0.05) is 0 Å². The SMILES string of the molecule is COCCN(CCNC(=O)c1cc(OC)cc(OC)c1)C(C)=O. The number of carbonyl (C=O) groups excluding carboxylic acids is 2. The standard InChI is InChI=1S/C16H24N2O5/c1-12(19)18(7-8-21-2)6-5-17-16(20)13-9-14(22-3)11-15(10-13)23-4/h9-11H,5-8H2,1-4H3,(H,17,20). The number of ether oxygens (including phenoxy) is 3. The van der Waals surface area contributed by atoms with Crippen molar-refractivity contribution in [2.24, 2.45) is 0 Å². The maximum atomic E-state index is 12.2. The van der Waals surface area contributed by atoms with Crippen molar-refractivity contribution < 1.29 is 23.8 Å². The van der Waals surface area contributed by atoms with Crippen LogP contribution in [0.25, 0.3) is 0 Å². The predicted molar refractivity (Wildman–Crippen MR) is 86.0 cm³/mol. The Morgan fingerprint density at radius 2 is 1.65 bits per heavy atom. The summed E-state index contributed by atoms with van der Waals surface area (Å²) in [6, 6.07) is 4.95. The van der Waals surface area contributed by atoms with Gasteiger partial charge in [-0.15, -0.1) is 0 Å². The molecule has 0 saturated carbocycles. The van der Waals surface area contributed by atoms with Crippen LogP contribution in [0.15, 0.2) is 18.2 Å². The van der Waals surface area contributed by atoms with Crippen molar-refractivity contribution in [1.29, 1.82) is 0 Å². The van der Waals surface area contributed by atoms with Crippen molar-refractivity contribution in [1.82, 2.24) is 10.2 Å². The Morgan fingerprint density at radius 3 is 2.13 bits per heavy atom. The molecule has 0 aromatic heterocycles. The molecule has 7 heteroatoms. The summed E-state index contributed by atoms with van der Waals surface area (Å²) in [6.07, 6.45) is 0.